The third kappa shape index (κ3) is 3.64. The molecule has 4 aliphatic rings. The van der Waals surface area contributed by atoms with Crippen LogP contribution in [0.3, 0.4) is 0 Å². The second kappa shape index (κ2) is 8.39. The fraction of sp³-hybridized carbons (Fsp3) is 0.500. The zero-order valence-electron chi connectivity index (χ0n) is 18.7. The summed E-state index contributed by atoms with van der Waals surface area (Å²) >= 11 is 1.88. The van der Waals surface area contributed by atoms with E-state index >= 15 is 0 Å². The van der Waals surface area contributed by atoms with Gasteiger partial charge in [-0.15, -0.1) is 11.8 Å². The molecule has 5 rings (SSSR count). The van der Waals surface area contributed by atoms with Gasteiger partial charge in [-0.1, -0.05) is 5.16 Å². The topological polar surface area (TPSA) is 91.4 Å². The summed E-state index contributed by atoms with van der Waals surface area (Å²) in [7, 11) is 0. The van der Waals surface area contributed by atoms with Crippen LogP contribution in [0.4, 0.5) is 17.1 Å². The van der Waals surface area contributed by atoms with Crippen LogP contribution in [0.2, 0.25) is 0 Å². The van der Waals surface area contributed by atoms with Gasteiger partial charge in [-0.3, -0.25) is 0 Å². The average Bonchev–Trinajstić information content (AvgIpc) is 3.63. The lowest BCUT2D eigenvalue weighted by atomic mass is 9.93. The lowest BCUT2D eigenvalue weighted by Gasteiger charge is -2.38. The molecular weight excluding hydrogens is 424 g/mol. The number of ether oxygens (including phenoxy) is 1. The molecular formula is C24H30N4O3S. The lowest BCUT2D eigenvalue weighted by Crippen LogP contribution is -2.37. The summed E-state index contributed by atoms with van der Waals surface area (Å²) in [4.78, 5) is 18.4. The number of anilines is 3. The normalized spacial score (nSPS) is 21.9. The maximum absolute atomic E-state index is 12.5. The number of benzene rings is 1. The average molecular weight is 455 g/mol. The highest BCUT2D eigenvalue weighted by Crippen LogP contribution is 2.46. The number of nitrogens with zero attached hydrogens (tertiary/aromatic N) is 3. The summed E-state index contributed by atoms with van der Waals surface area (Å²) in [5, 5.41) is 13.1. The van der Waals surface area contributed by atoms with E-state index in [2.05, 4.69) is 21.9 Å². The van der Waals surface area contributed by atoms with Crippen molar-refractivity contribution in [1.29, 1.82) is 0 Å². The van der Waals surface area contributed by atoms with Crippen LogP contribution in [0.1, 0.15) is 43.7 Å². The molecule has 0 aromatic heterocycles. The van der Waals surface area contributed by atoms with Gasteiger partial charge in [-0.05, 0) is 55.2 Å². The van der Waals surface area contributed by atoms with Crippen LogP contribution >= 0.6 is 11.8 Å². The Bertz CT molecular complexity index is 1060. The Hall–Kier alpha value is -2.61. The molecule has 0 radical (unpaired) electrons. The van der Waals surface area contributed by atoms with E-state index in [1.807, 2.05) is 31.0 Å². The minimum Gasteiger partial charge on any atom is -0.463 e. The smallest absolute Gasteiger partial charge is 0.335 e. The van der Waals surface area contributed by atoms with Crippen LogP contribution in [0.15, 0.2) is 33.5 Å². The zero-order chi connectivity index (χ0) is 22.4. The predicted molar refractivity (Wildman–Crippen MR) is 130 cm³/mol. The van der Waals surface area contributed by atoms with Crippen molar-refractivity contribution in [3.05, 3.63) is 39.4 Å². The van der Waals surface area contributed by atoms with E-state index in [9.17, 15) is 10.0 Å². The fourth-order valence-corrected chi connectivity index (χ4v) is 6.29. The summed E-state index contributed by atoms with van der Waals surface area (Å²) < 4.78 is 5.28. The summed E-state index contributed by atoms with van der Waals surface area (Å²) in [6.07, 6.45) is 6.51. The second-order valence-electron chi connectivity index (χ2n) is 8.86. The highest BCUT2D eigenvalue weighted by atomic mass is 32.2. The molecule has 0 amide bonds. The van der Waals surface area contributed by atoms with E-state index in [0.29, 0.717) is 31.2 Å². The van der Waals surface area contributed by atoms with Crippen molar-refractivity contribution in [2.45, 2.75) is 52.0 Å². The van der Waals surface area contributed by atoms with Crippen molar-refractivity contribution in [3.8, 4) is 0 Å². The minimum atomic E-state index is -0.245. The van der Waals surface area contributed by atoms with Gasteiger partial charge < -0.3 is 25.5 Å². The van der Waals surface area contributed by atoms with Gasteiger partial charge in [-0.25, -0.2) is 4.79 Å². The van der Waals surface area contributed by atoms with Crippen LogP contribution in [-0.4, -0.2) is 48.4 Å². The van der Waals surface area contributed by atoms with Crippen LogP contribution in [0.5, 0.6) is 0 Å². The number of nitrogens with two attached hydrogens (primary N) is 1. The highest BCUT2D eigenvalue weighted by Gasteiger charge is 2.36. The molecule has 1 saturated carbocycles. The Morgan fingerprint density at radius 3 is 2.88 bits per heavy atom. The van der Waals surface area contributed by atoms with E-state index in [0.717, 1.165) is 71.8 Å². The number of rotatable bonds is 4. The van der Waals surface area contributed by atoms with Gasteiger partial charge in [0.1, 0.15) is 0 Å². The quantitative estimate of drug-likeness (QED) is 0.308. The first-order valence-electron chi connectivity index (χ1n) is 11.4. The molecule has 32 heavy (non-hydrogen) atoms. The van der Waals surface area contributed by atoms with E-state index in [-0.39, 0.29) is 5.97 Å². The Morgan fingerprint density at radius 1 is 1.34 bits per heavy atom. The first kappa shape index (κ1) is 21.2. The number of carbonyl (C=O) groups is 1. The number of carbonyl (C=O) groups excluding carboxylic acids is 1. The first-order valence-corrected chi connectivity index (χ1v) is 12.4. The first-order chi connectivity index (χ1) is 15.5. The molecule has 1 aliphatic carbocycles. The number of nitrogen functional groups attached to an aromatic ring is 1. The van der Waals surface area contributed by atoms with Crippen LogP contribution in [-0.2, 0) is 16.0 Å². The molecule has 0 spiro atoms. The molecule has 0 atom stereocenters. The number of hydrogen-bond acceptors (Lipinski definition) is 8. The van der Waals surface area contributed by atoms with Crippen LogP contribution in [0.25, 0.3) is 0 Å². The van der Waals surface area contributed by atoms with Crippen LogP contribution < -0.4 is 15.5 Å². The van der Waals surface area contributed by atoms with Crippen molar-refractivity contribution in [3.63, 3.8) is 0 Å². The molecule has 3 heterocycles. The largest absolute Gasteiger partial charge is 0.463 e. The Morgan fingerprint density at radius 2 is 2.16 bits per heavy atom. The minimum absolute atomic E-state index is 0.245. The number of fused-ring (bicyclic) bond motifs is 1. The summed E-state index contributed by atoms with van der Waals surface area (Å²) in [5.41, 5.74) is 14.5. The monoisotopic (exact) mass is 454 g/mol. The van der Waals surface area contributed by atoms with Crippen molar-refractivity contribution in [2.75, 3.05) is 41.0 Å². The Kier molecular flexibility index (Phi) is 5.57. The Labute approximate surface area is 192 Å². The van der Waals surface area contributed by atoms with Gasteiger partial charge in [0.2, 0.25) is 0 Å². The summed E-state index contributed by atoms with van der Waals surface area (Å²) in [6, 6.07) is 2.46. The van der Waals surface area contributed by atoms with E-state index in [4.69, 9.17) is 10.5 Å². The van der Waals surface area contributed by atoms with Crippen LogP contribution in [0, 0.1) is 6.92 Å². The maximum Gasteiger partial charge on any atom is 0.335 e. The van der Waals surface area contributed by atoms with Gasteiger partial charge in [0.25, 0.3) is 0 Å². The predicted octanol–water partition coefficient (Wildman–Crippen LogP) is 3.98. The number of hydrogen-bond donors (Lipinski definition) is 2. The van der Waals surface area contributed by atoms with Gasteiger partial charge >= 0.3 is 5.97 Å². The zero-order valence-corrected chi connectivity index (χ0v) is 19.5. The molecule has 8 heteroatoms. The molecule has 3 N–H and O–H groups in total. The van der Waals surface area contributed by atoms with Gasteiger partial charge in [0.15, 0.2) is 0 Å². The fourth-order valence-electron chi connectivity index (χ4n) is 5.16. The van der Waals surface area contributed by atoms with Gasteiger partial charge in [0, 0.05) is 55.2 Å². The van der Waals surface area contributed by atoms with Crippen molar-refractivity contribution < 1.29 is 14.7 Å². The maximum atomic E-state index is 12.5. The molecule has 170 valence electrons. The molecule has 7 nitrogen and oxygen atoms in total. The SMILES string of the molecule is CCOC(=O)C1=CN(C2CC2)c2c(cc(N)c(N3CCC4=C(C3)/C(=N/O)CCS4)c2C)C1. The molecule has 0 saturated heterocycles. The van der Waals surface area contributed by atoms with E-state index < -0.39 is 0 Å². The third-order valence-electron chi connectivity index (χ3n) is 6.72. The molecule has 3 aliphatic heterocycles. The number of thioether (sulfide) groups is 1. The van der Waals surface area contributed by atoms with E-state index in [1.54, 1.807) is 0 Å². The van der Waals surface area contributed by atoms with Crippen molar-refractivity contribution in [2.24, 2.45) is 5.16 Å². The molecule has 1 aromatic rings. The number of esters is 1. The van der Waals surface area contributed by atoms with Gasteiger partial charge in [-0.2, -0.15) is 0 Å². The standard InChI is InChI=1S/C24H30N4O3S/c1-3-31-24(29)16-10-15-11-19(25)23(14(2)22(15)28(12-16)17-4-5-17)27-8-6-21-18(13-27)20(26-30)7-9-32-21/h11-12,17,30H,3-10,13,25H2,1-2H3/b26-20+. The lowest BCUT2D eigenvalue weighted by molar-refractivity contribution is -0.138. The Balaban J connectivity index is 1.53. The van der Waals surface area contributed by atoms with Crippen molar-refractivity contribution >= 4 is 40.5 Å². The van der Waals surface area contributed by atoms with E-state index in [1.165, 1.54) is 10.6 Å². The molecule has 1 aromatic carbocycles. The molecule has 0 bridgehead atoms. The molecule has 0 unspecified atom stereocenters. The molecule has 1 fully saturated rings. The summed E-state index contributed by atoms with van der Waals surface area (Å²) in [5.74, 6) is 0.731. The highest BCUT2D eigenvalue weighted by molar-refractivity contribution is 8.03. The third-order valence-corrected chi connectivity index (χ3v) is 7.93. The number of oxime groups is 1. The second-order valence-corrected chi connectivity index (χ2v) is 10.0. The van der Waals surface area contributed by atoms with Gasteiger partial charge in [0.05, 0.1) is 29.3 Å². The van der Waals surface area contributed by atoms with Crippen molar-refractivity contribution in [1.82, 2.24) is 0 Å². The summed E-state index contributed by atoms with van der Waals surface area (Å²) in [6.45, 7) is 5.95.